The lowest BCUT2D eigenvalue weighted by Gasteiger charge is -2.34. The monoisotopic (exact) mass is 347 g/mol. The third kappa shape index (κ3) is 4.85. The summed E-state index contributed by atoms with van der Waals surface area (Å²) in [6, 6.07) is 4.60. The van der Waals surface area contributed by atoms with Crippen LogP contribution < -0.4 is 20.1 Å². The summed E-state index contributed by atoms with van der Waals surface area (Å²) in [5, 5.41) is 5.04. The van der Waals surface area contributed by atoms with Gasteiger partial charge in [0.05, 0.1) is 6.54 Å². The summed E-state index contributed by atoms with van der Waals surface area (Å²) < 4.78 is 10.9. The van der Waals surface area contributed by atoms with Gasteiger partial charge in [0.1, 0.15) is 13.2 Å². The van der Waals surface area contributed by atoms with E-state index in [-0.39, 0.29) is 12.5 Å². The van der Waals surface area contributed by atoms with E-state index in [9.17, 15) is 9.59 Å². The van der Waals surface area contributed by atoms with Crippen molar-refractivity contribution in [2.45, 2.75) is 20.3 Å². The number of likely N-dealkylation sites (tertiary alicyclic amines) is 1. The minimum absolute atomic E-state index is 0.239. The van der Waals surface area contributed by atoms with Gasteiger partial charge in [-0.15, -0.1) is 0 Å². The van der Waals surface area contributed by atoms with Crippen LogP contribution in [0.4, 0.5) is 10.5 Å². The molecule has 1 fully saturated rings. The maximum atomic E-state index is 12.1. The minimum Gasteiger partial charge on any atom is -0.486 e. The van der Waals surface area contributed by atoms with Gasteiger partial charge in [-0.1, -0.05) is 13.8 Å². The van der Waals surface area contributed by atoms with Crippen molar-refractivity contribution >= 4 is 17.6 Å². The molecule has 2 aliphatic heterocycles. The zero-order valence-electron chi connectivity index (χ0n) is 14.7. The Kier molecular flexibility index (Phi) is 5.43. The summed E-state index contributed by atoms with van der Waals surface area (Å²) in [5.74, 6) is 2.09. The van der Waals surface area contributed by atoms with Gasteiger partial charge in [-0.05, 0) is 30.4 Å². The van der Waals surface area contributed by atoms with Crippen LogP contribution in [0.2, 0.25) is 0 Å². The van der Waals surface area contributed by atoms with E-state index in [0.29, 0.717) is 42.2 Å². The van der Waals surface area contributed by atoms with E-state index in [1.807, 2.05) is 0 Å². The molecule has 7 nitrogen and oxygen atoms in total. The lowest BCUT2D eigenvalue weighted by Crippen LogP contribution is -2.46. The van der Waals surface area contributed by atoms with Crippen LogP contribution in [0.1, 0.15) is 20.3 Å². The summed E-state index contributed by atoms with van der Waals surface area (Å²) >= 11 is 0. The van der Waals surface area contributed by atoms with Crippen molar-refractivity contribution in [3.8, 4) is 11.5 Å². The molecule has 2 aliphatic rings. The molecule has 0 radical (unpaired) electrons. The van der Waals surface area contributed by atoms with E-state index in [4.69, 9.17) is 9.47 Å². The molecule has 2 atom stereocenters. The van der Waals surface area contributed by atoms with Crippen LogP contribution >= 0.6 is 0 Å². The molecule has 0 spiro atoms. The number of carbonyl (C=O) groups excluding carboxylic acids is 2. The van der Waals surface area contributed by atoms with Gasteiger partial charge < -0.3 is 14.8 Å². The van der Waals surface area contributed by atoms with Gasteiger partial charge in [0.25, 0.3) is 0 Å². The molecule has 25 heavy (non-hydrogen) atoms. The van der Waals surface area contributed by atoms with Gasteiger partial charge in [0, 0.05) is 24.8 Å². The Bertz CT molecular complexity index is 639. The highest BCUT2D eigenvalue weighted by Crippen LogP contribution is 2.32. The van der Waals surface area contributed by atoms with Crippen molar-refractivity contribution in [2.24, 2.45) is 11.8 Å². The fourth-order valence-electron chi connectivity index (χ4n) is 3.57. The lowest BCUT2D eigenvalue weighted by atomic mass is 9.92. The molecule has 3 amide bonds. The second-order valence-electron chi connectivity index (χ2n) is 7.00. The normalized spacial score (nSPS) is 23.0. The van der Waals surface area contributed by atoms with E-state index in [2.05, 4.69) is 29.4 Å². The Morgan fingerprint density at radius 2 is 1.80 bits per heavy atom. The number of urea groups is 1. The first-order valence-corrected chi connectivity index (χ1v) is 8.72. The molecule has 1 saturated heterocycles. The Labute approximate surface area is 147 Å². The number of carbonyl (C=O) groups is 2. The Morgan fingerprint density at radius 3 is 2.52 bits per heavy atom. The van der Waals surface area contributed by atoms with E-state index in [1.54, 1.807) is 18.2 Å². The highest BCUT2D eigenvalue weighted by atomic mass is 16.6. The van der Waals surface area contributed by atoms with Crippen LogP contribution in [-0.4, -0.2) is 49.7 Å². The number of benzene rings is 1. The molecule has 1 aromatic carbocycles. The molecule has 2 unspecified atom stereocenters. The average molecular weight is 347 g/mol. The molecule has 1 aromatic rings. The summed E-state index contributed by atoms with van der Waals surface area (Å²) in [6.07, 6.45) is 1.18. The molecule has 2 N–H and O–H groups in total. The zero-order valence-corrected chi connectivity index (χ0v) is 14.7. The molecule has 0 aromatic heterocycles. The van der Waals surface area contributed by atoms with E-state index in [0.717, 1.165) is 13.1 Å². The number of ether oxygens (including phenoxy) is 2. The molecule has 0 aliphatic carbocycles. The van der Waals surface area contributed by atoms with Crippen molar-refractivity contribution in [2.75, 3.05) is 38.2 Å². The second kappa shape index (κ2) is 7.74. The van der Waals surface area contributed by atoms with Crippen LogP contribution in [0.3, 0.4) is 0 Å². The summed E-state index contributed by atoms with van der Waals surface area (Å²) in [5.41, 5.74) is 0.551. The highest BCUT2D eigenvalue weighted by Gasteiger charge is 2.23. The number of anilines is 1. The SMILES string of the molecule is CC1CC(C)CN(CC(=O)NC(=O)Nc2ccc3c(c2)OCCO3)C1. The summed E-state index contributed by atoms with van der Waals surface area (Å²) in [7, 11) is 0. The van der Waals surface area contributed by atoms with Crippen molar-refractivity contribution in [1.29, 1.82) is 0 Å². The maximum Gasteiger partial charge on any atom is 0.325 e. The van der Waals surface area contributed by atoms with Crippen molar-refractivity contribution < 1.29 is 19.1 Å². The number of nitrogens with one attached hydrogen (secondary N) is 2. The number of amides is 3. The third-order valence-corrected chi connectivity index (χ3v) is 4.36. The number of hydrogen-bond donors (Lipinski definition) is 2. The smallest absolute Gasteiger partial charge is 0.325 e. The third-order valence-electron chi connectivity index (χ3n) is 4.36. The van der Waals surface area contributed by atoms with Gasteiger partial charge in [0.15, 0.2) is 11.5 Å². The molecule has 0 saturated carbocycles. The number of hydrogen-bond acceptors (Lipinski definition) is 5. The predicted octanol–water partition coefficient (Wildman–Crippen LogP) is 2.08. The standard InChI is InChI=1S/C18H25N3O4/c1-12-7-13(2)10-21(9-12)11-17(22)20-18(23)19-14-3-4-15-16(8-14)25-6-5-24-15/h3-4,8,12-13H,5-7,9-11H2,1-2H3,(H2,19,20,22,23). The summed E-state index contributed by atoms with van der Waals surface area (Å²) in [4.78, 5) is 26.2. The number of rotatable bonds is 3. The fraction of sp³-hybridized carbons (Fsp3) is 0.556. The number of fused-ring (bicyclic) bond motifs is 1. The van der Waals surface area contributed by atoms with Gasteiger partial charge in [-0.2, -0.15) is 0 Å². The number of nitrogens with zero attached hydrogens (tertiary/aromatic N) is 1. The van der Waals surface area contributed by atoms with Crippen LogP contribution in [0.15, 0.2) is 18.2 Å². The maximum absolute atomic E-state index is 12.1. The van der Waals surface area contributed by atoms with Gasteiger partial charge in [0.2, 0.25) is 5.91 Å². The molecule has 136 valence electrons. The molecule has 7 heteroatoms. The van der Waals surface area contributed by atoms with Gasteiger partial charge >= 0.3 is 6.03 Å². The lowest BCUT2D eigenvalue weighted by molar-refractivity contribution is -0.121. The van der Waals surface area contributed by atoms with Crippen LogP contribution in [-0.2, 0) is 4.79 Å². The first kappa shape index (κ1) is 17.5. The number of piperidine rings is 1. The van der Waals surface area contributed by atoms with E-state index >= 15 is 0 Å². The van der Waals surface area contributed by atoms with E-state index < -0.39 is 6.03 Å². The molecular formula is C18H25N3O4. The van der Waals surface area contributed by atoms with Crippen molar-refractivity contribution in [3.63, 3.8) is 0 Å². The largest absolute Gasteiger partial charge is 0.486 e. The van der Waals surface area contributed by atoms with E-state index in [1.165, 1.54) is 6.42 Å². The minimum atomic E-state index is -0.542. The topological polar surface area (TPSA) is 79.9 Å². The Hall–Kier alpha value is -2.28. The predicted molar refractivity (Wildman–Crippen MR) is 94.0 cm³/mol. The second-order valence-corrected chi connectivity index (χ2v) is 7.00. The van der Waals surface area contributed by atoms with Crippen molar-refractivity contribution in [3.05, 3.63) is 18.2 Å². The van der Waals surface area contributed by atoms with Crippen LogP contribution in [0.5, 0.6) is 11.5 Å². The Balaban J connectivity index is 1.49. The van der Waals surface area contributed by atoms with Gasteiger partial charge in [-0.3, -0.25) is 15.0 Å². The summed E-state index contributed by atoms with van der Waals surface area (Å²) in [6.45, 7) is 7.40. The first-order valence-electron chi connectivity index (χ1n) is 8.72. The van der Waals surface area contributed by atoms with Crippen LogP contribution in [0, 0.1) is 11.8 Å². The molecule has 2 heterocycles. The van der Waals surface area contributed by atoms with Crippen molar-refractivity contribution in [1.82, 2.24) is 10.2 Å². The Morgan fingerprint density at radius 1 is 1.12 bits per heavy atom. The molecule has 3 rings (SSSR count). The number of imide groups is 1. The fourth-order valence-corrected chi connectivity index (χ4v) is 3.57. The average Bonchev–Trinajstić information content (AvgIpc) is 2.53. The zero-order chi connectivity index (χ0) is 17.8. The quantitative estimate of drug-likeness (QED) is 0.875. The highest BCUT2D eigenvalue weighted by molar-refractivity contribution is 6.01. The van der Waals surface area contributed by atoms with Crippen LogP contribution in [0.25, 0.3) is 0 Å². The first-order chi connectivity index (χ1) is 12.0. The molecule has 0 bridgehead atoms. The molecular weight excluding hydrogens is 322 g/mol. The van der Waals surface area contributed by atoms with Gasteiger partial charge in [-0.25, -0.2) is 4.79 Å².